The van der Waals surface area contributed by atoms with Gasteiger partial charge in [0.1, 0.15) is 5.75 Å². The van der Waals surface area contributed by atoms with Crippen LogP contribution in [0.1, 0.15) is 19.3 Å². The Morgan fingerprint density at radius 1 is 1.05 bits per heavy atom. The van der Waals surface area contributed by atoms with Crippen molar-refractivity contribution in [3.05, 3.63) is 24.3 Å². The van der Waals surface area contributed by atoms with Gasteiger partial charge in [0, 0.05) is 31.5 Å². The van der Waals surface area contributed by atoms with Gasteiger partial charge in [-0.15, -0.1) is 0 Å². The number of nitrogens with zero attached hydrogens (tertiary/aromatic N) is 2. The van der Waals surface area contributed by atoms with Crippen molar-refractivity contribution >= 4 is 21.6 Å². The van der Waals surface area contributed by atoms with Gasteiger partial charge in [-0.25, -0.2) is 0 Å². The lowest BCUT2D eigenvalue weighted by molar-refractivity contribution is 0.252. The minimum absolute atomic E-state index is 0.985. The molecule has 0 unspecified atom stereocenters. The number of ether oxygens (including phenoxy) is 1. The van der Waals surface area contributed by atoms with Crippen LogP contribution in [0.2, 0.25) is 0 Å². The first-order valence-electron chi connectivity index (χ1n) is 7.51. The van der Waals surface area contributed by atoms with Crippen LogP contribution in [-0.4, -0.2) is 50.1 Å². The molecule has 0 radical (unpaired) electrons. The molecule has 4 heteroatoms. The summed E-state index contributed by atoms with van der Waals surface area (Å²) in [4.78, 5) is 5.02. The van der Waals surface area contributed by atoms with Crippen LogP contribution in [0.3, 0.4) is 0 Å². The number of methoxy groups -OCH3 is 1. The van der Waals surface area contributed by atoms with Crippen molar-refractivity contribution in [2.45, 2.75) is 19.3 Å². The molecule has 0 spiro atoms. The smallest absolute Gasteiger partial charge is 0.142 e. The highest BCUT2D eigenvalue weighted by molar-refractivity contribution is 9.09. The standard InChI is InChI=1S/C16H25BrN2O/c1-20-16-8-4-3-7-15(16)19-13-11-18(12-14-19)10-6-2-5-9-17/h3-4,7-8H,2,5-6,9-14H2,1H3. The lowest BCUT2D eigenvalue weighted by atomic mass is 10.2. The van der Waals surface area contributed by atoms with E-state index in [0.717, 1.165) is 37.3 Å². The molecule has 20 heavy (non-hydrogen) atoms. The maximum absolute atomic E-state index is 5.46. The van der Waals surface area contributed by atoms with Crippen molar-refractivity contribution < 1.29 is 4.74 Å². The molecule has 0 aromatic heterocycles. The van der Waals surface area contributed by atoms with Crippen LogP contribution >= 0.6 is 15.9 Å². The number of benzene rings is 1. The van der Waals surface area contributed by atoms with Crippen LogP contribution < -0.4 is 9.64 Å². The zero-order valence-electron chi connectivity index (χ0n) is 12.4. The third kappa shape index (κ3) is 4.38. The summed E-state index contributed by atoms with van der Waals surface area (Å²) in [6.07, 6.45) is 3.94. The van der Waals surface area contributed by atoms with Crippen molar-refractivity contribution in [1.29, 1.82) is 0 Å². The number of para-hydroxylation sites is 2. The molecular weight excluding hydrogens is 316 g/mol. The highest BCUT2D eigenvalue weighted by atomic mass is 79.9. The molecule has 1 saturated heterocycles. The summed E-state index contributed by atoms with van der Waals surface area (Å²) in [6.45, 7) is 5.75. The highest BCUT2D eigenvalue weighted by Gasteiger charge is 2.18. The summed E-state index contributed by atoms with van der Waals surface area (Å²) in [5, 5.41) is 1.13. The molecule has 0 saturated carbocycles. The van der Waals surface area contributed by atoms with Crippen molar-refractivity contribution in [2.75, 3.05) is 50.1 Å². The molecule has 112 valence electrons. The SMILES string of the molecule is COc1ccccc1N1CCN(CCCCCBr)CC1. The molecule has 0 N–H and O–H groups in total. The number of halogens is 1. The molecule has 0 amide bonds. The van der Waals surface area contributed by atoms with Crippen molar-refractivity contribution in [3.63, 3.8) is 0 Å². The molecule has 1 aliphatic heterocycles. The van der Waals surface area contributed by atoms with E-state index in [4.69, 9.17) is 4.74 Å². The van der Waals surface area contributed by atoms with E-state index >= 15 is 0 Å². The van der Waals surface area contributed by atoms with E-state index in [0.29, 0.717) is 0 Å². The first-order valence-corrected chi connectivity index (χ1v) is 8.63. The summed E-state index contributed by atoms with van der Waals surface area (Å²) in [6, 6.07) is 8.32. The number of rotatable bonds is 7. The minimum Gasteiger partial charge on any atom is -0.495 e. The highest BCUT2D eigenvalue weighted by Crippen LogP contribution is 2.28. The fraction of sp³-hybridized carbons (Fsp3) is 0.625. The van der Waals surface area contributed by atoms with Crippen LogP contribution in [0.5, 0.6) is 5.75 Å². The van der Waals surface area contributed by atoms with Gasteiger partial charge in [-0.05, 0) is 31.5 Å². The zero-order chi connectivity index (χ0) is 14.2. The van der Waals surface area contributed by atoms with Gasteiger partial charge in [-0.3, -0.25) is 4.90 Å². The topological polar surface area (TPSA) is 15.7 Å². The Kier molecular flexibility index (Phi) is 6.67. The third-order valence-corrected chi connectivity index (χ3v) is 4.47. The van der Waals surface area contributed by atoms with Gasteiger partial charge in [0.15, 0.2) is 0 Å². The fourth-order valence-corrected chi connectivity index (χ4v) is 3.11. The van der Waals surface area contributed by atoms with E-state index in [1.54, 1.807) is 7.11 Å². The second kappa shape index (κ2) is 8.53. The van der Waals surface area contributed by atoms with E-state index < -0.39 is 0 Å². The molecule has 0 aliphatic carbocycles. The Balaban J connectivity index is 1.79. The molecule has 2 rings (SSSR count). The van der Waals surface area contributed by atoms with E-state index in [1.165, 1.54) is 31.5 Å². The maximum Gasteiger partial charge on any atom is 0.142 e. The van der Waals surface area contributed by atoms with E-state index in [1.807, 2.05) is 12.1 Å². The largest absolute Gasteiger partial charge is 0.495 e. The van der Waals surface area contributed by atoms with E-state index in [-0.39, 0.29) is 0 Å². The minimum atomic E-state index is 0.985. The van der Waals surface area contributed by atoms with Crippen LogP contribution in [-0.2, 0) is 0 Å². The fourth-order valence-electron chi connectivity index (χ4n) is 2.71. The molecule has 1 aromatic carbocycles. The predicted molar refractivity (Wildman–Crippen MR) is 89.3 cm³/mol. The Hall–Kier alpha value is -0.740. The lowest BCUT2D eigenvalue weighted by Crippen LogP contribution is -2.46. The normalized spacial score (nSPS) is 16.4. The summed E-state index contributed by atoms with van der Waals surface area (Å²) >= 11 is 3.49. The Labute approximate surface area is 131 Å². The van der Waals surface area contributed by atoms with Gasteiger partial charge in [0.05, 0.1) is 12.8 Å². The first kappa shape index (κ1) is 15.6. The number of hydrogen-bond donors (Lipinski definition) is 0. The summed E-state index contributed by atoms with van der Waals surface area (Å²) in [5.41, 5.74) is 1.23. The maximum atomic E-state index is 5.46. The van der Waals surface area contributed by atoms with Crippen molar-refractivity contribution in [3.8, 4) is 5.75 Å². The molecule has 1 heterocycles. The summed E-state index contributed by atoms with van der Waals surface area (Å²) < 4.78 is 5.46. The van der Waals surface area contributed by atoms with Gasteiger partial charge in [0.25, 0.3) is 0 Å². The van der Waals surface area contributed by atoms with Gasteiger partial charge in [-0.1, -0.05) is 34.5 Å². The average molecular weight is 341 g/mol. The Bertz CT molecular complexity index is 392. The van der Waals surface area contributed by atoms with E-state index in [9.17, 15) is 0 Å². The lowest BCUT2D eigenvalue weighted by Gasteiger charge is -2.36. The van der Waals surface area contributed by atoms with Crippen LogP contribution in [0, 0.1) is 0 Å². The number of hydrogen-bond acceptors (Lipinski definition) is 3. The van der Waals surface area contributed by atoms with Crippen LogP contribution in [0.15, 0.2) is 24.3 Å². The molecule has 1 aromatic rings. The molecule has 3 nitrogen and oxygen atoms in total. The summed E-state index contributed by atoms with van der Waals surface area (Å²) in [7, 11) is 1.75. The van der Waals surface area contributed by atoms with Crippen molar-refractivity contribution in [2.24, 2.45) is 0 Å². The van der Waals surface area contributed by atoms with E-state index in [2.05, 4.69) is 37.9 Å². The van der Waals surface area contributed by atoms with Gasteiger partial charge in [0.2, 0.25) is 0 Å². The van der Waals surface area contributed by atoms with Gasteiger partial charge >= 0.3 is 0 Å². The van der Waals surface area contributed by atoms with Crippen LogP contribution in [0.4, 0.5) is 5.69 Å². The first-order chi connectivity index (χ1) is 9.85. The summed E-state index contributed by atoms with van der Waals surface area (Å²) in [5.74, 6) is 0.985. The Morgan fingerprint density at radius 3 is 2.50 bits per heavy atom. The second-order valence-corrected chi connectivity index (χ2v) is 6.04. The zero-order valence-corrected chi connectivity index (χ0v) is 13.9. The number of alkyl halides is 1. The van der Waals surface area contributed by atoms with Gasteiger partial charge in [-0.2, -0.15) is 0 Å². The average Bonchev–Trinajstić information content (AvgIpc) is 2.52. The van der Waals surface area contributed by atoms with Gasteiger partial charge < -0.3 is 9.64 Å². The third-order valence-electron chi connectivity index (χ3n) is 3.91. The number of unbranched alkanes of at least 4 members (excludes halogenated alkanes) is 2. The van der Waals surface area contributed by atoms with Crippen LogP contribution in [0.25, 0.3) is 0 Å². The Morgan fingerprint density at radius 2 is 1.80 bits per heavy atom. The molecule has 1 fully saturated rings. The number of piperazine rings is 1. The molecular formula is C16H25BrN2O. The number of anilines is 1. The van der Waals surface area contributed by atoms with Crippen molar-refractivity contribution in [1.82, 2.24) is 4.90 Å². The monoisotopic (exact) mass is 340 g/mol. The predicted octanol–water partition coefficient (Wildman–Crippen LogP) is 3.38. The molecule has 1 aliphatic rings. The molecule has 0 atom stereocenters. The molecule has 0 bridgehead atoms. The second-order valence-electron chi connectivity index (χ2n) is 5.25. The quantitative estimate of drug-likeness (QED) is 0.559.